The lowest BCUT2D eigenvalue weighted by molar-refractivity contribution is 0.181. The molecule has 0 bridgehead atoms. The van der Waals surface area contributed by atoms with Crippen LogP contribution in [-0.4, -0.2) is 29.2 Å². The highest BCUT2D eigenvalue weighted by atomic mass is 35.5. The van der Waals surface area contributed by atoms with Gasteiger partial charge in [-0.15, -0.1) is 0 Å². The topological polar surface area (TPSA) is 87.3 Å². The van der Waals surface area contributed by atoms with Crippen LogP contribution in [0.3, 0.4) is 0 Å². The van der Waals surface area contributed by atoms with Gasteiger partial charge in [-0.1, -0.05) is 11.6 Å². The first-order valence-electron chi connectivity index (χ1n) is 8.50. The van der Waals surface area contributed by atoms with Crippen molar-refractivity contribution in [1.82, 2.24) is 9.97 Å². The van der Waals surface area contributed by atoms with Gasteiger partial charge >= 0.3 is 6.09 Å². The Hall–Kier alpha value is -3.06. The summed E-state index contributed by atoms with van der Waals surface area (Å²) in [6.45, 7) is 2.75. The van der Waals surface area contributed by atoms with Crippen molar-refractivity contribution < 1.29 is 9.53 Å². The van der Waals surface area contributed by atoms with E-state index in [1.807, 2.05) is 13.0 Å². The van der Waals surface area contributed by atoms with Gasteiger partial charge in [-0.3, -0.25) is 9.69 Å². The summed E-state index contributed by atoms with van der Waals surface area (Å²) in [7, 11) is 0. The van der Waals surface area contributed by atoms with Crippen LogP contribution >= 0.6 is 11.6 Å². The molecule has 7 nitrogen and oxygen atoms in total. The smallest absolute Gasteiger partial charge is 0.414 e. The number of ether oxygens (including phenoxy) is 1. The second kappa shape index (κ2) is 6.92. The van der Waals surface area contributed by atoms with Crippen LogP contribution < -0.4 is 15.8 Å². The van der Waals surface area contributed by atoms with Crippen LogP contribution in [0.15, 0.2) is 47.4 Å². The van der Waals surface area contributed by atoms with E-state index in [9.17, 15) is 9.59 Å². The Morgan fingerprint density at radius 3 is 2.89 bits per heavy atom. The average Bonchev–Trinajstić information content (AvgIpc) is 3.07. The fourth-order valence-electron chi connectivity index (χ4n) is 3.11. The van der Waals surface area contributed by atoms with E-state index in [0.717, 1.165) is 10.9 Å². The average molecular weight is 385 g/mol. The fourth-order valence-corrected chi connectivity index (χ4v) is 3.29. The van der Waals surface area contributed by atoms with Gasteiger partial charge in [0.05, 0.1) is 18.3 Å². The van der Waals surface area contributed by atoms with Crippen molar-refractivity contribution in [3.8, 4) is 0 Å². The summed E-state index contributed by atoms with van der Waals surface area (Å²) in [6.07, 6.45) is 1.24. The predicted molar refractivity (Wildman–Crippen MR) is 105 cm³/mol. The zero-order valence-corrected chi connectivity index (χ0v) is 15.3. The highest BCUT2D eigenvalue weighted by Gasteiger charge is 2.24. The number of aromatic amines is 1. The quantitative estimate of drug-likeness (QED) is 0.716. The molecule has 138 valence electrons. The molecule has 0 aliphatic carbocycles. The van der Waals surface area contributed by atoms with E-state index in [0.29, 0.717) is 35.2 Å². The summed E-state index contributed by atoms with van der Waals surface area (Å²) in [5, 5.41) is 4.67. The number of aromatic nitrogens is 2. The normalized spacial score (nSPS) is 15.0. The van der Waals surface area contributed by atoms with Crippen LogP contribution in [0.4, 0.5) is 16.3 Å². The molecule has 4 rings (SSSR count). The number of nitrogens with one attached hydrogen (secondary N) is 2. The molecule has 3 heterocycles. The molecule has 1 unspecified atom stereocenters. The number of nitrogens with zero attached hydrogens (tertiary/aromatic N) is 2. The van der Waals surface area contributed by atoms with E-state index in [4.69, 9.17) is 16.3 Å². The van der Waals surface area contributed by atoms with Gasteiger partial charge < -0.3 is 15.0 Å². The number of H-pyrrole nitrogens is 1. The minimum Gasteiger partial charge on any atom is -0.447 e. The number of benzene rings is 1. The van der Waals surface area contributed by atoms with Gasteiger partial charge in [0.1, 0.15) is 12.4 Å². The van der Waals surface area contributed by atoms with Crippen LogP contribution in [0.25, 0.3) is 10.9 Å². The largest absolute Gasteiger partial charge is 0.447 e. The number of anilines is 2. The molecule has 1 amide bonds. The first-order valence-corrected chi connectivity index (χ1v) is 8.88. The van der Waals surface area contributed by atoms with Crippen molar-refractivity contribution in [3.63, 3.8) is 0 Å². The molecule has 3 aromatic rings. The van der Waals surface area contributed by atoms with Gasteiger partial charge in [0, 0.05) is 33.8 Å². The number of carbonyl (C=O) groups excluding carboxylic acids is 1. The Morgan fingerprint density at radius 2 is 2.11 bits per heavy atom. The van der Waals surface area contributed by atoms with E-state index >= 15 is 0 Å². The maximum absolute atomic E-state index is 12.5. The Balaban J connectivity index is 1.61. The van der Waals surface area contributed by atoms with Crippen molar-refractivity contribution in [2.75, 3.05) is 23.4 Å². The van der Waals surface area contributed by atoms with Crippen molar-refractivity contribution >= 4 is 40.1 Å². The van der Waals surface area contributed by atoms with E-state index in [1.54, 1.807) is 41.4 Å². The van der Waals surface area contributed by atoms with Crippen LogP contribution in [0.5, 0.6) is 0 Å². The molecule has 0 saturated carbocycles. The number of amides is 1. The monoisotopic (exact) mass is 384 g/mol. The van der Waals surface area contributed by atoms with E-state index in [1.165, 1.54) is 0 Å². The number of halogens is 1. The van der Waals surface area contributed by atoms with E-state index in [-0.39, 0.29) is 17.7 Å². The molecule has 1 fully saturated rings. The SMILES string of the molecule is CC(Nc1cc(N2CCOC2=O)ccn1)c1cc2cc(Cl)ccc2[nH]c1=O. The van der Waals surface area contributed by atoms with Gasteiger partial charge in [-0.05, 0) is 37.3 Å². The van der Waals surface area contributed by atoms with Gasteiger partial charge in [0.2, 0.25) is 0 Å². The predicted octanol–water partition coefficient (Wildman–Crippen LogP) is 3.71. The number of rotatable bonds is 4. The Morgan fingerprint density at radius 1 is 1.26 bits per heavy atom. The molecule has 2 N–H and O–H groups in total. The summed E-state index contributed by atoms with van der Waals surface area (Å²) in [6, 6.07) is 10.3. The molecule has 2 aromatic heterocycles. The van der Waals surface area contributed by atoms with Crippen LogP contribution in [0.2, 0.25) is 5.02 Å². The molecular weight excluding hydrogens is 368 g/mol. The second-order valence-electron chi connectivity index (χ2n) is 6.32. The summed E-state index contributed by atoms with van der Waals surface area (Å²) in [4.78, 5) is 32.9. The molecule has 27 heavy (non-hydrogen) atoms. The van der Waals surface area contributed by atoms with Crippen LogP contribution in [0.1, 0.15) is 18.5 Å². The highest BCUT2D eigenvalue weighted by Crippen LogP contribution is 2.24. The number of pyridine rings is 2. The van der Waals surface area contributed by atoms with Gasteiger partial charge in [-0.25, -0.2) is 9.78 Å². The number of cyclic esters (lactones) is 1. The second-order valence-corrected chi connectivity index (χ2v) is 6.75. The molecule has 1 saturated heterocycles. The lowest BCUT2D eigenvalue weighted by atomic mass is 10.1. The minimum atomic E-state index is -0.372. The molecule has 1 aliphatic heterocycles. The van der Waals surface area contributed by atoms with Gasteiger partial charge in [-0.2, -0.15) is 0 Å². The summed E-state index contributed by atoms with van der Waals surface area (Å²) in [5.41, 5.74) is 1.82. The molecule has 1 aliphatic rings. The number of hydrogen-bond donors (Lipinski definition) is 2. The van der Waals surface area contributed by atoms with Crippen molar-refractivity contribution in [3.05, 3.63) is 63.5 Å². The number of fused-ring (bicyclic) bond motifs is 1. The highest BCUT2D eigenvalue weighted by molar-refractivity contribution is 6.31. The molecule has 0 spiro atoms. The molecule has 1 atom stereocenters. The molecule has 8 heteroatoms. The van der Waals surface area contributed by atoms with Gasteiger partial charge in [0.25, 0.3) is 5.56 Å². The third-order valence-corrected chi connectivity index (χ3v) is 4.72. The molecular formula is C19H17ClN4O3. The Bertz CT molecular complexity index is 1080. The Kier molecular flexibility index (Phi) is 4.45. The van der Waals surface area contributed by atoms with Crippen LogP contribution in [0, 0.1) is 0 Å². The standard InChI is InChI=1S/C19H17ClN4O3/c1-11(15-9-12-8-13(20)2-3-16(12)23-18(15)25)22-17-10-14(4-5-21-17)24-6-7-27-19(24)26/h2-5,8-11H,6-7H2,1H3,(H,21,22)(H,23,25). The number of carbonyl (C=O) groups is 1. The third-order valence-electron chi connectivity index (χ3n) is 4.48. The fraction of sp³-hybridized carbons (Fsp3) is 0.211. The maximum Gasteiger partial charge on any atom is 0.414 e. The van der Waals surface area contributed by atoms with Crippen molar-refractivity contribution in [1.29, 1.82) is 0 Å². The van der Waals surface area contributed by atoms with E-state index < -0.39 is 0 Å². The maximum atomic E-state index is 12.5. The zero-order valence-electron chi connectivity index (χ0n) is 14.5. The summed E-state index contributed by atoms with van der Waals surface area (Å²) < 4.78 is 4.97. The zero-order chi connectivity index (χ0) is 19.0. The molecule has 1 aromatic carbocycles. The molecule has 0 radical (unpaired) electrons. The summed E-state index contributed by atoms with van der Waals surface area (Å²) >= 11 is 6.05. The van der Waals surface area contributed by atoms with Crippen molar-refractivity contribution in [2.45, 2.75) is 13.0 Å². The lowest BCUT2D eigenvalue weighted by Crippen LogP contribution is -2.24. The minimum absolute atomic E-state index is 0.177. The number of hydrogen-bond acceptors (Lipinski definition) is 5. The Labute approximate surface area is 159 Å². The first-order chi connectivity index (χ1) is 13.0. The summed E-state index contributed by atoms with van der Waals surface area (Å²) in [5.74, 6) is 0.560. The lowest BCUT2D eigenvalue weighted by Gasteiger charge is -2.17. The van der Waals surface area contributed by atoms with E-state index in [2.05, 4.69) is 15.3 Å². The van der Waals surface area contributed by atoms with Crippen molar-refractivity contribution in [2.24, 2.45) is 0 Å². The van der Waals surface area contributed by atoms with Crippen LogP contribution in [-0.2, 0) is 4.74 Å². The van der Waals surface area contributed by atoms with Gasteiger partial charge in [0.15, 0.2) is 0 Å². The first kappa shape index (κ1) is 17.4. The third kappa shape index (κ3) is 3.46.